The molecule has 1 atom stereocenters. The van der Waals surface area contributed by atoms with Crippen LogP contribution in [0.15, 0.2) is 16.2 Å². The zero-order chi connectivity index (χ0) is 9.26. The van der Waals surface area contributed by atoms with Crippen LogP contribution in [-0.4, -0.2) is 30.0 Å². The van der Waals surface area contributed by atoms with Gasteiger partial charge in [0.2, 0.25) is 0 Å². The van der Waals surface area contributed by atoms with E-state index in [0.717, 1.165) is 18.9 Å². The Hall–Kier alpha value is -0.700. The molecule has 1 saturated heterocycles. The van der Waals surface area contributed by atoms with Gasteiger partial charge in [0.05, 0.1) is 0 Å². The van der Waals surface area contributed by atoms with Gasteiger partial charge in [-0.3, -0.25) is 0 Å². The van der Waals surface area contributed by atoms with Crippen molar-refractivity contribution in [2.45, 2.75) is 25.9 Å². The Morgan fingerprint density at radius 2 is 2.23 bits per heavy atom. The molecule has 0 aromatic carbocycles. The Kier molecular flexibility index (Phi) is 2.44. The second-order valence-corrected chi connectivity index (χ2v) is 3.90. The summed E-state index contributed by atoms with van der Waals surface area (Å²) in [7, 11) is 0. The molecule has 1 fully saturated rings. The molecule has 2 aliphatic heterocycles. The van der Waals surface area contributed by atoms with Gasteiger partial charge >= 0.3 is 0 Å². The largest absolute Gasteiger partial charge is 0.357 e. The Morgan fingerprint density at radius 1 is 1.54 bits per heavy atom. The van der Waals surface area contributed by atoms with Gasteiger partial charge in [0.15, 0.2) is 0 Å². The van der Waals surface area contributed by atoms with Crippen LogP contribution in [0.4, 0.5) is 0 Å². The van der Waals surface area contributed by atoms with Gasteiger partial charge in [-0.05, 0) is 19.8 Å². The molecule has 4 heteroatoms. The molecule has 0 radical (unpaired) electrons. The number of aliphatic imine (C=N–C) groups is 1. The minimum atomic E-state index is 0.105. The van der Waals surface area contributed by atoms with E-state index in [1.807, 2.05) is 13.0 Å². The first-order chi connectivity index (χ1) is 6.25. The highest BCUT2D eigenvalue weighted by Crippen LogP contribution is 2.14. The lowest BCUT2D eigenvalue weighted by Gasteiger charge is -2.24. The SMILES string of the molecule is CC1N=C(N2CCCC2)C=C(Cl)N1. The quantitative estimate of drug-likeness (QED) is 0.599. The van der Waals surface area contributed by atoms with Gasteiger partial charge in [-0.15, -0.1) is 0 Å². The Labute approximate surface area is 83.5 Å². The number of likely N-dealkylation sites (tertiary alicyclic amines) is 1. The molecule has 13 heavy (non-hydrogen) atoms. The van der Waals surface area contributed by atoms with Crippen LogP contribution in [0, 0.1) is 0 Å². The maximum Gasteiger partial charge on any atom is 0.128 e. The van der Waals surface area contributed by atoms with Gasteiger partial charge in [0.1, 0.15) is 17.2 Å². The first kappa shape index (κ1) is 8.88. The van der Waals surface area contributed by atoms with E-state index in [-0.39, 0.29) is 6.17 Å². The van der Waals surface area contributed by atoms with Crippen molar-refractivity contribution in [1.29, 1.82) is 0 Å². The Morgan fingerprint density at radius 3 is 2.85 bits per heavy atom. The van der Waals surface area contributed by atoms with Crippen molar-refractivity contribution in [2.75, 3.05) is 13.1 Å². The molecule has 0 amide bonds. The minimum Gasteiger partial charge on any atom is -0.357 e. The van der Waals surface area contributed by atoms with E-state index < -0.39 is 0 Å². The van der Waals surface area contributed by atoms with Crippen molar-refractivity contribution in [1.82, 2.24) is 10.2 Å². The topological polar surface area (TPSA) is 27.6 Å². The second-order valence-electron chi connectivity index (χ2n) is 3.49. The summed E-state index contributed by atoms with van der Waals surface area (Å²) in [5.41, 5.74) is 0. The van der Waals surface area contributed by atoms with Crippen LogP contribution in [0.5, 0.6) is 0 Å². The van der Waals surface area contributed by atoms with Crippen molar-refractivity contribution in [3.05, 3.63) is 11.2 Å². The van der Waals surface area contributed by atoms with Crippen LogP contribution in [-0.2, 0) is 0 Å². The van der Waals surface area contributed by atoms with Crippen molar-refractivity contribution < 1.29 is 0 Å². The molecule has 1 N–H and O–H groups in total. The van der Waals surface area contributed by atoms with Crippen molar-refractivity contribution >= 4 is 17.4 Å². The zero-order valence-corrected chi connectivity index (χ0v) is 8.51. The molecular formula is C9H14ClN3. The first-order valence-corrected chi connectivity index (χ1v) is 5.10. The predicted molar refractivity (Wildman–Crippen MR) is 54.8 cm³/mol. The average Bonchev–Trinajstić information content (AvgIpc) is 2.53. The molecule has 0 saturated carbocycles. The smallest absolute Gasteiger partial charge is 0.128 e. The number of hydrogen-bond donors (Lipinski definition) is 1. The third-order valence-corrected chi connectivity index (χ3v) is 2.58. The summed E-state index contributed by atoms with van der Waals surface area (Å²) in [6.07, 6.45) is 4.55. The third kappa shape index (κ3) is 1.97. The molecule has 0 aliphatic carbocycles. The maximum atomic E-state index is 5.93. The molecule has 0 bridgehead atoms. The average molecular weight is 200 g/mol. The summed E-state index contributed by atoms with van der Waals surface area (Å²) in [4.78, 5) is 6.78. The van der Waals surface area contributed by atoms with Crippen LogP contribution >= 0.6 is 11.6 Å². The fourth-order valence-corrected chi connectivity index (χ4v) is 2.00. The third-order valence-electron chi connectivity index (χ3n) is 2.36. The first-order valence-electron chi connectivity index (χ1n) is 4.72. The summed E-state index contributed by atoms with van der Waals surface area (Å²) in [6, 6.07) is 0. The molecule has 0 aromatic heterocycles. The van der Waals surface area contributed by atoms with E-state index in [4.69, 9.17) is 11.6 Å². The van der Waals surface area contributed by atoms with Crippen molar-refractivity contribution in [3.8, 4) is 0 Å². The summed E-state index contributed by atoms with van der Waals surface area (Å²) in [5, 5.41) is 3.74. The number of hydrogen-bond acceptors (Lipinski definition) is 3. The molecular weight excluding hydrogens is 186 g/mol. The lowest BCUT2D eigenvalue weighted by atomic mass is 10.4. The standard InChI is InChI=1S/C9H14ClN3/c1-7-11-8(10)6-9(12-7)13-4-2-3-5-13/h6-7,11H,2-5H2,1H3. The predicted octanol–water partition coefficient (Wildman–Crippen LogP) is 1.51. The van der Waals surface area contributed by atoms with E-state index in [2.05, 4.69) is 15.2 Å². The molecule has 0 aromatic rings. The van der Waals surface area contributed by atoms with Crippen LogP contribution in [0.25, 0.3) is 0 Å². The maximum absolute atomic E-state index is 5.93. The fraction of sp³-hybridized carbons (Fsp3) is 0.667. The summed E-state index contributed by atoms with van der Waals surface area (Å²) < 4.78 is 0. The molecule has 72 valence electrons. The number of rotatable bonds is 0. The highest BCUT2D eigenvalue weighted by Gasteiger charge is 2.18. The van der Waals surface area contributed by atoms with Gasteiger partial charge in [-0.1, -0.05) is 11.6 Å². The Bertz CT molecular complexity index is 254. The number of nitrogens with zero attached hydrogens (tertiary/aromatic N) is 2. The number of nitrogens with one attached hydrogen (secondary N) is 1. The van der Waals surface area contributed by atoms with Gasteiger partial charge in [0.25, 0.3) is 0 Å². The lowest BCUT2D eigenvalue weighted by molar-refractivity contribution is 0.505. The zero-order valence-electron chi connectivity index (χ0n) is 7.76. The molecule has 2 heterocycles. The second kappa shape index (κ2) is 3.58. The Balaban J connectivity index is 2.12. The van der Waals surface area contributed by atoms with E-state index in [0.29, 0.717) is 5.16 Å². The highest BCUT2D eigenvalue weighted by atomic mass is 35.5. The van der Waals surface area contributed by atoms with Gasteiger partial charge < -0.3 is 10.2 Å². The molecule has 1 unspecified atom stereocenters. The van der Waals surface area contributed by atoms with E-state index in [9.17, 15) is 0 Å². The summed E-state index contributed by atoms with van der Waals surface area (Å²) >= 11 is 5.93. The van der Waals surface area contributed by atoms with Crippen LogP contribution < -0.4 is 5.32 Å². The lowest BCUT2D eigenvalue weighted by Crippen LogP contribution is -2.35. The molecule has 2 aliphatic rings. The summed E-state index contributed by atoms with van der Waals surface area (Å²) in [5.74, 6) is 1.04. The van der Waals surface area contributed by atoms with Crippen LogP contribution in [0.1, 0.15) is 19.8 Å². The normalized spacial score (nSPS) is 28.2. The van der Waals surface area contributed by atoms with E-state index in [1.165, 1.54) is 12.8 Å². The van der Waals surface area contributed by atoms with Crippen molar-refractivity contribution in [2.24, 2.45) is 4.99 Å². The van der Waals surface area contributed by atoms with Crippen molar-refractivity contribution in [3.63, 3.8) is 0 Å². The monoisotopic (exact) mass is 199 g/mol. The van der Waals surface area contributed by atoms with E-state index >= 15 is 0 Å². The van der Waals surface area contributed by atoms with Gasteiger partial charge in [-0.2, -0.15) is 0 Å². The fourth-order valence-electron chi connectivity index (χ4n) is 1.74. The van der Waals surface area contributed by atoms with E-state index in [1.54, 1.807) is 0 Å². The van der Waals surface area contributed by atoms with Gasteiger partial charge in [0, 0.05) is 19.2 Å². The summed E-state index contributed by atoms with van der Waals surface area (Å²) in [6.45, 7) is 4.24. The molecule has 3 nitrogen and oxygen atoms in total. The van der Waals surface area contributed by atoms with Crippen LogP contribution in [0.2, 0.25) is 0 Å². The number of halogens is 1. The van der Waals surface area contributed by atoms with Crippen LogP contribution in [0.3, 0.4) is 0 Å². The van der Waals surface area contributed by atoms with Gasteiger partial charge in [-0.25, -0.2) is 4.99 Å². The molecule has 2 rings (SSSR count). The highest BCUT2D eigenvalue weighted by molar-refractivity contribution is 6.31. The molecule has 0 spiro atoms. The number of amidine groups is 1. The minimum absolute atomic E-state index is 0.105.